The molecular formula is C14H20N4O3. The van der Waals surface area contributed by atoms with Crippen LogP contribution in [0.25, 0.3) is 0 Å². The van der Waals surface area contributed by atoms with Crippen molar-refractivity contribution in [3.63, 3.8) is 0 Å². The molecule has 0 radical (unpaired) electrons. The summed E-state index contributed by atoms with van der Waals surface area (Å²) in [7, 11) is 0. The monoisotopic (exact) mass is 292 g/mol. The van der Waals surface area contributed by atoms with E-state index < -0.39 is 11.3 Å². The van der Waals surface area contributed by atoms with Crippen molar-refractivity contribution in [2.75, 3.05) is 0 Å². The number of nitrogens with two attached hydrogens (primary N) is 1. The molecule has 3 N–H and O–H groups in total. The van der Waals surface area contributed by atoms with Crippen molar-refractivity contribution in [3.05, 3.63) is 11.7 Å². The molecule has 1 heterocycles. The third-order valence-electron chi connectivity index (χ3n) is 4.51. The molecule has 0 atom stereocenters. The van der Waals surface area contributed by atoms with E-state index in [9.17, 15) is 9.59 Å². The summed E-state index contributed by atoms with van der Waals surface area (Å²) in [6, 6.07) is 0. The summed E-state index contributed by atoms with van der Waals surface area (Å²) in [5.74, 6) is 0.576. The van der Waals surface area contributed by atoms with E-state index in [4.69, 9.17) is 10.3 Å². The summed E-state index contributed by atoms with van der Waals surface area (Å²) in [5, 5.41) is 6.66. The second kappa shape index (κ2) is 5.46. The van der Waals surface area contributed by atoms with Gasteiger partial charge in [-0.2, -0.15) is 4.98 Å². The summed E-state index contributed by atoms with van der Waals surface area (Å²) in [6.07, 6.45) is 6.90. The van der Waals surface area contributed by atoms with Crippen molar-refractivity contribution >= 4 is 11.8 Å². The van der Waals surface area contributed by atoms with Crippen LogP contribution in [0.15, 0.2) is 4.52 Å². The molecule has 114 valence electrons. The van der Waals surface area contributed by atoms with E-state index in [1.807, 2.05) is 0 Å². The van der Waals surface area contributed by atoms with Crippen molar-refractivity contribution in [1.82, 2.24) is 15.5 Å². The zero-order chi connectivity index (χ0) is 14.9. The lowest BCUT2D eigenvalue weighted by Crippen LogP contribution is -2.40. The molecule has 0 aliphatic heterocycles. The Morgan fingerprint density at radius 2 is 2.00 bits per heavy atom. The fourth-order valence-electron chi connectivity index (χ4n) is 2.90. The summed E-state index contributed by atoms with van der Waals surface area (Å²) in [6.45, 7) is 0.146. The molecule has 1 aromatic rings. The molecule has 0 aromatic carbocycles. The molecule has 7 nitrogen and oxygen atoms in total. The lowest BCUT2D eigenvalue weighted by atomic mass is 9.89. The molecule has 7 heteroatoms. The Bertz CT molecular complexity index is 544. The first kappa shape index (κ1) is 14.0. The SMILES string of the molecule is NC(=O)C1(C(=O)NCc2nc(C3CCCCC3)no2)CC1. The van der Waals surface area contributed by atoms with Crippen molar-refractivity contribution in [3.8, 4) is 0 Å². The van der Waals surface area contributed by atoms with Crippen LogP contribution >= 0.6 is 0 Å². The normalized spacial score (nSPS) is 21.0. The average Bonchev–Trinajstić information content (AvgIpc) is 3.19. The van der Waals surface area contributed by atoms with E-state index in [1.54, 1.807) is 0 Å². The van der Waals surface area contributed by atoms with Crippen LogP contribution in [-0.2, 0) is 16.1 Å². The van der Waals surface area contributed by atoms with Crippen molar-refractivity contribution < 1.29 is 14.1 Å². The Balaban J connectivity index is 1.55. The Labute approximate surface area is 122 Å². The van der Waals surface area contributed by atoms with Gasteiger partial charge >= 0.3 is 0 Å². The van der Waals surface area contributed by atoms with E-state index in [2.05, 4.69) is 15.5 Å². The van der Waals surface area contributed by atoms with Gasteiger partial charge < -0.3 is 15.6 Å². The predicted molar refractivity (Wildman–Crippen MR) is 72.8 cm³/mol. The van der Waals surface area contributed by atoms with Gasteiger partial charge in [0.05, 0.1) is 6.54 Å². The molecule has 0 unspecified atom stereocenters. The topological polar surface area (TPSA) is 111 Å². The summed E-state index contributed by atoms with van der Waals surface area (Å²) < 4.78 is 5.17. The number of amides is 2. The lowest BCUT2D eigenvalue weighted by Gasteiger charge is -2.17. The highest BCUT2D eigenvalue weighted by atomic mass is 16.5. The number of aromatic nitrogens is 2. The van der Waals surface area contributed by atoms with Gasteiger partial charge in [0.1, 0.15) is 5.41 Å². The molecule has 2 amide bonds. The molecule has 21 heavy (non-hydrogen) atoms. The van der Waals surface area contributed by atoms with Gasteiger partial charge in [0.25, 0.3) is 0 Å². The molecular weight excluding hydrogens is 272 g/mol. The van der Waals surface area contributed by atoms with Crippen LogP contribution in [0.1, 0.15) is 62.6 Å². The Hall–Kier alpha value is -1.92. The zero-order valence-corrected chi connectivity index (χ0v) is 11.9. The van der Waals surface area contributed by atoms with Crippen molar-refractivity contribution in [1.29, 1.82) is 0 Å². The number of hydrogen-bond donors (Lipinski definition) is 2. The number of nitrogens with zero attached hydrogens (tertiary/aromatic N) is 2. The highest BCUT2D eigenvalue weighted by Gasteiger charge is 2.55. The van der Waals surface area contributed by atoms with Gasteiger partial charge in [-0.05, 0) is 25.7 Å². The number of hydrogen-bond acceptors (Lipinski definition) is 5. The highest BCUT2D eigenvalue weighted by molar-refractivity contribution is 6.07. The van der Waals surface area contributed by atoms with Crippen LogP contribution in [0.5, 0.6) is 0 Å². The lowest BCUT2D eigenvalue weighted by molar-refractivity contribution is -0.135. The molecule has 2 aliphatic rings. The van der Waals surface area contributed by atoms with E-state index >= 15 is 0 Å². The van der Waals surface area contributed by atoms with Gasteiger partial charge in [0.2, 0.25) is 17.7 Å². The van der Waals surface area contributed by atoms with Gasteiger partial charge in [0, 0.05) is 5.92 Å². The Kier molecular flexibility index (Phi) is 3.65. The van der Waals surface area contributed by atoms with E-state index in [0.29, 0.717) is 24.7 Å². The molecule has 2 fully saturated rings. The van der Waals surface area contributed by atoms with Gasteiger partial charge in [0.15, 0.2) is 5.82 Å². The largest absolute Gasteiger partial charge is 0.369 e. The second-order valence-corrected chi connectivity index (χ2v) is 6.01. The maximum absolute atomic E-state index is 11.9. The fraction of sp³-hybridized carbons (Fsp3) is 0.714. The standard InChI is InChI=1S/C14H20N4O3/c15-12(19)14(6-7-14)13(20)16-8-10-17-11(18-21-10)9-4-2-1-3-5-9/h9H,1-8H2,(H2,15,19)(H,16,20). The first-order valence-corrected chi connectivity index (χ1v) is 7.52. The highest BCUT2D eigenvalue weighted by Crippen LogP contribution is 2.45. The summed E-state index contributed by atoms with van der Waals surface area (Å²) in [4.78, 5) is 27.6. The van der Waals surface area contributed by atoms with Crippen molar-refractivity contribution in [2.24, 2.45) is 11.1 Å². The van der Waals surface area contributed by atoms with E-state index in [-0.39, 0.29) is 12.5 Å². The number of carbonyl (C=O) groups is 2. The van der Waals surface area contributed by atoms with Gasteiger partial charge in [-0.15, -0.1) is 0 Å². The molecule has 3 rings (SSSR count). The Morgan fingerprint density at radius 1 is 1.29 bits per heavy atom. The molecule has 2 aliphatic carbocycles. The first-order chi connectivity index (χ1) is 10.1. The van der Waals surface area contributed by atoms with Crippen molar-refractivity contribution in [2.45, 2.75) is 57.4 Å². The number of rotatable bonds is 5. The zero-order valence-electron chi connectivity index (χ0n) is 11.9. The third-order valence-corrected chi connectivity index (χ3v) is 4.51. The second-order valence-electron chi connectivity index (χ2n) is 6.01. The molecule has 2 saturated carbocycles. The molecule has 0 bridgehead atoms. The van der Waals surface area contributed by atoms with Crippen LogP contribution in [0.4, 0.5) is 0 Å². The van der Waals surface area contributed by atoms with Crippen LogP contribution in [0, 0.1) is 5.41 Å². The smallest absolute Gasteiger partial charge is 0.246 e. The van der Waals surface area contributed by atoms with E-state index in [0.717, 1.165) is 18.7 Å². The maximum Gasteiger partial charge on any atom is 0.246 e. The van der Waals surface area contributed by atoms with Crippen LogP contribution in [0.3, 0.4) is 0 Å². The fourth-order valence-corrected chi connectivity index (χ4v) is 2.90. The van der Waals surface area contributed by atoms with Gasteiger partial charge in [-0.1, -0.05) is 24.4 Å². The summed E-state index contributed by atoms with van der Waals surface area (Å²) >= 11 is 0. The quantitative estimate of drug-likeness (QED) is 0.786. The third kappa shape index (κ3) is 2.77. The number of nitrogens with one attached hydrogen (secondary N) is 1. The molecule has 0 saturated heterocycles. The van der Waals surface area contributed by atoms with Gasteiger partial charge in [-0.25, -0.2) is 0 Å². The molecule has 0 spiro atoms. The molecule has 1 aromatic heterocycles. The van der Waals surface area contributed by atoms with Crippen LogP contribution in [0.2, 0.25) is 0 Å². The Morgan fingerprint density at radius 3 is 2.62 bits per heavy atom. The van der Waals surface area contributed by atoms with E-state index in [1.165, 1.54) is 19.3 Å². The maximum atomic E-state index is 11.9. The minimum absolute atomic E-state index is 0.146. The average molecular weight is 292 g/mol. The first-order valence-electron chi connectivity index (χ1n) is 7.52. The number of primary amides is 1. The minimum Gasteiger partial charge on any atom is -0.369 e. The van der Waals surface area contributed by atoms with Crippen LogP contribution in [-0.4, -0.2) is 22.0 Å². The van der Waals surface area contributed by atoms with Crippen LogP contribution < -0.4 is 11.1 Å². The number of carbonyl (C=O) groups excluding carboxylic acids is 2. The van der Waals surface area contributed by atoms with Gasteiger partial charge in [-0.3, -0.25) is 9.59 Å². The minimum atomic E-state index is -1.01. The predicted octanol–water partition coefficient (Wildman–Crippen LogP) is 0.999. The summed E-state index contributed by atoms with van der Waals surface area (Å²) in [5.41, 5.74) is 4.25.